The van der Waals surface area contributed by atoms with E-state index in [4.69, 9.17) is 22.5 Å². The van der Waals surface area contributed by atoms with Crippen LogP contribution in [0.3, 0.4) is 0 Å². The van der Waals surface area contributed by atoms with Gasteiger partial charge in [-0.1, -0.05) is 46.8 Å². The third kappa shape index (κ3) is 5.99. The van der Waals surface area contributed by atoms with Gasteiger partial charge in [0.1, 0.15) is 5.82 Å². The summed E-state index contributed by atoms with van der Waals surface area (Å²) in [5, 5.41) is 27.2. The zero-order chi connectivity index (χ0) is 29.3. The summed E-state index contributed by atoms with van der Waals surface area (Å²) in [6.45, 7) is 0. The molecular weight excluding hydrogens is 606 g/mol. The van der Waals surface area contributed by atoms with E-state index in [2.05, 4.69) is 21.6 Å². The van der Waals surface area contributed by atoms with Crippen LogP contribution in [0.5, 0.6) is 0 Å². The third-order valence-electron chi connectivity index (χ3n) is 6.48. The molecule has 3 aromatic rings. The summed E-state index contributed by atoms with van der Waals surface area (Å²) < 4.78 is 23.3. The summed E-state index contributed by atoms with van der Waals surface area (Å²) in [6, 6.07) is 14.7. The Balaban J connectivity index is 1.37. The molecular formula is C26H22ClN7O4S3. The van der Waals surface area contributed by atoms with Crippen molar-refractivity contribution in [1.82, 2.24) is 10.2 Å². The highest BCUT2D eigenvalue weighted by Gasteiger charge is 2.41. The van der Waals surface area contributed by atoms with Gasteiger partial charge >= 0.3 is 0 Å². The number of amides is 1. The first kappa shape index (κ1) is 28.8. The van der Waals surface area contributed by atoms with Gasteiger partial charge in [0.15, 0.2) is 10.1 Å². The fourth-order valence-electron chi connectivity index (χ4n) is 4.73. The molecule has 210 valence electrons. The molecule has 0 saturated carbocycles. The van der Waals surface area contributed by atoms with Crippen LogP contribution >= 0.6 is 34.7 Å². The SMILES string of the molecule is N#CC1=C(N)N(c2nnc(SCC(=O)Nc3ccc(S(N)(=O)=O)cc3)s2)C2=C(C(=O)CCC2)C1c1cccc(Cl)c1. The zero-order valence-corrected chi connectivity index (χ0v) is 24.4. The molecule has 1 aromatic heterocycles. The van der Waals surface area contributed by atoms with Crippen molar-refractivity contribution in [2.24, 2.45) is 10.9 Å². The maximum Gasteiger partial charge on any atom is 0.238 e. The highest BCUT2D eigenvalue weighted by Crippen LogP contribution is 2.47. The smallest absolute Gasteiger partial charge is 0.238 e. The Morgan fingerprint density at radius 3 is 2.66 bits per heavy atom. The number of nitrogens with zero attached hydrogens (tertiary/aromatic N) is 4. The van der Waals surface area contributed by atoms with E-state index in [1.54, 1.807) is 23.1 Å². The molecule has 1 amide bonds. The number of rotatable bonds is 7. The van der Waals surface area contributed by atoms with Gasteiger partial charge in [0.2, 0.25) is 21.1 Å². The van der Waals surface area contributed by atoms with Crippen molar-refractivity contribution in [3.8, 4) is 6.07 Å². The Hall–Kier alpha value is -3.74. The van der Waals surface area contributed by atoms with Gasteiger partial charge in [0.25, 0.3) is 0 Å². The van der Waals surface area contributed by atoms with E-state index in [0.717, 1.165) is 11.8 Å². The van der Waals surface area contributed by atoms with Crippen molar-refractivity contribution in [1.29, 1.82) is 5.26 Å². The molecule has 2 heterocycles. The molecule has 0 bridgehead atoms. The van der Waals surface area contributed by atoms with E-state index >= 15 is 0 Å². The molecule has 11 nitrogen and oxygen atoms in total. The van der Waals surface area contributed by atoms with E-state index in [1.165, 1.54) is 35.6 Å². The van der Waals surface area contributed by atoms with Crippen molar-refractivity contribution < 1.29 is 18.0 Å². The summed E-state index contributed by atoms with van der Waals surface area (Å²) in [5.41, 5.74) is 9.08. The number of carbonyl (C=O) groups excluding carboxylic acids is 2. The summed E-state index contributed by atoms with van der Waals surface area (Å²) >= 11 is 8.56. The fourth-order valence-corrected chi connectivity index (χ4v) is 7.12. The fraction of sp³-hybridized carbons (Fsp3) is 0.192. The number of ketones is 1. The minimum absolute atomic E-state index is 0.00358. The Morgan fingerprint density at radius 1 is 1.22 bits per heavy atom. The van der Waals surface area contributed by atoms with Gasteiger partial charge in [-0.3, -0.25) is 14.5 Å². The lowest BCUT2D eigenvalue weighted by Crippen LogP contribution is -2.38. The number of sulfonamides is 1. The number of thioether (sulfide) groups is 1. The number of nitrogens with one attached hydrogen (secondary N) is 1. The van der Waals surface area contributed by atoms with E-state index in [-0.39, 0.29) is 33.7 Å². The van der Waals surface area contributed by atoms with Crippen molar-refractivity contribution >= 4 is 67.2 Å². The number of benzene rings is 2. The lowest BCUT2D eigenvalue weighted by Gasteiger charge is -2.38. The van der Waals surface area contributed by atoms with E-state index < -0.39 is 15.9 Å². The van der Waals surface area contributed by atoms with Crippen LogP contribution in [0, 0.1) is 11.3 Å². The molecule has 5 N–H and O–H groups in total. The minimum atomic E-state index is -3.83. The Bertz CT molecular complexity index is 1760. The average molecular weight is 628 g/mol. The number of nitriles is 1. The molecule has 0 spiro atoms. The molecule has 1 aliphatic carbocycles. The number of primary sulfonamides is 1. The van der Waals surface area contributed by atoms with Crippen molar-refractivity contribution in [3.63, 3.8) is 0 Å². The first-order chi connectivity index (χ1) is 19.6. The summed E-state index contributed by atoms with van der Waals surface area (Å²) in [5.74, 6) is -0.869. The maximum atomic E-state index is 13.2. The topological polar surface area (TPSA) is 185 Å². The van der Waals surface area contributed by atoms with Crippen molar-refractivity contribution in [2.75, 3.05) is 16.0 Å². The summed E-state index contributed by atoms with van der Waals surface area (Å²) in [7, 11) is -3.83. The molecule has 1 atom stereocenters. The normalized spacial score (nSPS) is 17.3. The number of carbonyl (C=O) groups is 2. The van der Waals surface area contributed by atoms with Gasteiger partial charge in [-0.05, 0) is 54.8 Å². The van der Waals surface area contributed by atoms with Crippen LogP contribution in [0.1, 0.15) is 30.7 Å². The zero-order valence-electron chi connectivity index (χ0n) is 21.2. The van der Waals surface area contributed by atoms with Crippen molar-refractivity contribution in [2.45, 2.75) is 34.4 Å². The minimum Gasteiger partial charge on any atom is -0.384 e. The first-order valence-corrected chi connectivity index (χ1v) is 15.9. The number of hydrogen-bond donors (Lipinski definition) is 3. The molecule has 41 heavy (non-hydrogen) atoms. The number of aromatic nitrogens is 2. The van der Waals surface area contributed by atoms with Crippen LogP contribution < -0.4 is 21.1 Å². The Morgan fingerprint density at radius 2 is 1.98 bits per heavy atom. The number of nitrogens with two attached hydrogens (primary N) is 2. The molecule has 0 saturated heterocycles. The number of anilines is 2. The van der Waals surface area contributed by atoms with Crippen LogP contribution in [0.25, 0.3) is 0 Å². The highest BCUT2D eigenvalue weighted by atomic mass is 35.5. The molecule has 2 aliphatic rings. The van der Waals surface area contributed by atoms with E-state index in [9.17, 15) is 23.3 Å². The number of hydrogen-bond acceptors (Lipinski definition) is 11. The monoisotopic (exact) mass is 627 g/mol. The van der Waals surface area contributed by atoms with Crippen LogP contribution in [-0.4, -0.2) is 36.1 Å². The second-order valence-electron chi connectivity index (χ2n) is 9.13. The molecule has 1 aliphatic heterocycles. The van der Waals surface area contributed by atoms with Gasteiger partial charge < -0.3 is 11.1 Å². The van der Waals surface area contributed by atoms with E-state index in [1.807, 2.05) is 6.07 Å². The van der Waals surface area contributed by atoms with E-state index in [0.29, 0.717) is 56.3 Å². The predicted octanol–water partition coefficient (Wildman–Crippen LogP) is 3.87. The maximum absolute atomic E-state index is 13.2. The van der Waals surface area contributed by atoms with Gasteiger partial charge in [-0.15, -0.1) is 10.2 Å². The lowest BCUT2D eigenvalue weighted by atomic mass is 9.76. The predicted molar refractivity (Wildman–Crippen MR) is 156 cm³/mol. The second-order valence-corrected chi connectivity index (χ2v) is 13.3. The van der Waals surface area contributed by atoms with Gasteiger partial charge in [-0.2, -0.15) is 5.26 Å². The van der Waals surface area contributed by atoms with Crippen molar-refractivity contribution in [3.05, 3.63) is 81.8 Å². The van der Waals surface area contributed by atoms with Crippen LogP contribution in [-0.2, 0) is 19.6 Å². The first-order valence-electron chi connectivity index (χ1n) is 12.2. The molecule has 0 fully saturated rings. The Labute approximate surface area is 248 Å². The van der Waals surface area contributed by atoms with Crippen LogP contribution in [0.4, 0.5) is 10.8 Å². The standard InChI is InChI=1S/C26H22ClN7O4S3/c27-15-4-1-3-14(11-15)22-18(12-28)24(29)34(19-5-2-6-20(35)23(19)22)25-32-33-26(40-25)39-13-21(36)31-16-7-9-17(10-8-16)41(30,37)38/h1,3-4,7-11,22H,2,5-6,13,29H2,(H,31,36)(H2,30,37,38). The number of halogens is 1. The average Bonchev–Trinajstić information content (AvgIpc) is 3.39. The van der Waals surface area contributed by atoms with Gasteiger partial charge in [0.05, 0.1) is 28.2 Å². The van der Waals surface area contributed by atoms with Gasteiger partial charge in [-0.25, -0.2) is 13.6 Å². The number of allylic oxidation sites excluding steroid dienone is 3. The molecule has 2 aromatic carbocycles. The molecule has 1 unspecified atom stereocenters. The third-order valence-corrected chi connectivity index (χ3v) is 9.68. The quantitative estimate of drug-likeness (QED) is 0.325. The molecule has 0 radical (unpaired) electrons. The molecule has 15 heteroatoms. The highest BCUT2D eigenvalue weighted by molar-refractivity contribution is 8.01. The Kier molecular flexibility index (Phi) is 8.16. The lowest BCUT2D eigenvalue weighted by molar-refractivity contribution is -0.116. The largest absolute Gasteiger partial charge is 0.384 e. The van der Waals surface area contributed by atoms with Gasteiger partial charge in [0, 0.05) is 28.4 Å². The van der Waals surface area contributed by atoms with Crippen LogP contribution in [0.2, 0.25) is 5.02 Å². The summed E-state index contributed by atoms with van der Waals surface area (Å²) in [6.07, 6.45) is 1.55. The molecule has 5 rings (SSSR count). The summed E-state index contributed by atoms with van der Waals surface area (Å²) in [4.78, 5) is 27.3. The van der Waals surface area contributed by atoms with Crippen LogP contribution in [0.15, 0.2) is 80.4 Å². The number of Topliss-reactive ketones (excluding diaryl/α,β-unsaturated/α-hetero) is 1. The second kappa shape index (κ2) is 11.6.